The van der Waals surface area contributed by atoms with Crippen LogP contribution in [0.3, 0.4) is 0 Å². The zero-order valence-corrected chi connectivity index (χ0v) is 4.70. The summed E-state index contributed by atoms with van der Waals surface area (Å²) in [5.74, 6) is 0. The molecule has 0 spiro atoms. The number of rotatable bonds is 2. The normalized spacial score (nSPS) is 24.4. The van der Waals surface area contributed by atoms with E-state index in [4.69, 9.17) is 0 Å². The van der Waals surface area contributed by atoms with E-state index in [1.165, 1.54) is 6.26 Å². The first-order valence-electron chi connectivity index (χ1n) is 2.42. The van der Waals surface area contributed by atoms with Crippen molar-refractivity contribution in [3.8, 4) is 0 Å². The van der Waals surface area contributed by atoms with Crippen LogP contribution in [0.15, 0.2) is 12.8 Å². The topological polar surface area (TPSA) is 44.8 Å². The lowest BCUT2D eigenvalue weighted by molar-refractivity contribution is -0.0273. The molecule has 1 heterocycles. The van der Waals surface area contributed by atoms with Gasteiger partial charge in [0.05, 0.1) is 6.26 Å². The molecule has 9 heavy (non-hydrogen) atoms. The fraction of sp³-hybridized carbons (Fsp3) is 0.400. The van der Waals surface area contributed by atoms with Gasteiger partial charge in [0.25, 0.3) is 6.29 Å². The second-order valence-electron chi connectivity index (χ2n) is 1.41. The van der Waals surface area contributed by atoms with Crippen molar-refractivity contribution in [2.24, 2.45) is 0 Å². The van der Waals surface area contributed by atoms with Crippen LogP contribution >= 0.6 is 0 Å². The Morgan fingerprint density at radius 3 is 3.11 bits per heavy atom. The zero-order valence-electron chi connectivity index (χ0n) is 4.70. The van der Waals surface area contributed by atoms with Gasteiger partial charge in [-0.2, -0.15) is 0 Å². The average molecular weight is 130 g/mol. The van der Waals surface area contributed by atoms with Gasteiger partial charge in [-0.1, -0.05) is 6.58 Å². The quantitative estimate of drug-likeness (QED) is 0.406. The van der Waals surface area contributed by atoms with Gasteiger partial charge in [0, 0.05) is 0 Å². The first-order valence-corrected chi connectivity index (χ1v) is 2.42. The van der Waals surface area contributed by atoms with Crippen molar-refractivity contribution in [3.63, 3.8) is 0 Å². The van der Waals surface area contributed by atoms with Gasteiger partial charge in [-0.05, 0) is 0 Å². The molecule has 1 rings (SSSR count). The molecule has 0 bridgehead atoms. The van der Waals surface area contributed by atoms with E-state index in [2.05, 4.69) is 20.8 Å². The summed E-state index contributed by atoms with van der Waals surface area (Å²) >= 11 is 0. The molecule has 0 N–H and O–H groups in total. The Kier molecular flexibility index (Phi) is 1.58. The van der Waals surface area contributed by atoms with Crippen molar-refractivity contribution in [2.75, 3.05) is 6.61 Å². The third-order valence-electron chi connectivity index (χ3n) is 0.813. The molecule has 0 aliphatic carbocycles. The van der Waals surface area contributed by atoms with Crippen LogP contribution in [-0.4, -0.2) is 19.1 Å². The van der Waals surface area contributed by atoms with Crippen LogP contribution in [0.1, 0.15) is 0 Å². The highest BCUT2D eigenvalue weighted by molar-refractivity contribution is 5.61. The smallest absolute Gasteiger partial charge is 0.459 e. The molecule has 1 unspecified atom stereocenters. The van der Waals surface area contributed by atoms with Crippen molar-refractivity contribution in [3.05, 3.63) is 12.8 Å². The zero-order chi connectivity index (χ0) is 6.69. The molecule has 1 atom stereocenters. The van der Waals surface area contributed by atoms with Crippen LogP contribution in [0.25, 0.3) is 0 Å². The van der Waals surface area contributed by atoms with Crippen LogP contribution in [0.4, 0.5) is 4.79 Å². The summed E-state index contributed by atoms with van der Waals surface area (Å²) in [6.07, 6.45) is -0.0936. The van der Waals surface area contributed by atoms with E-state index in [0.29, 0.717) is 0 Å². The van der Waals surface area contributed by atoms with Crippen LogP contribution in [0, 0.1) is 0 Å². The highest BCUT2D eigenvalue weighted by Crippen LogP contribution is 2.06. The van der Waals surface area contributed by atoms with Gasteiger partial charge in [0.15, 0.2) is 6.61 Å². The number of cyclic esters (lactones) is 2. The minimum Gasteiger partial charge on any atom is -0.459 e. The predicted octanol–water partition coefficient (Wildman–Crippen LogP) is 0.639. The van der Waals surface area contributed by atoms with Crippen LogP contribution in [-0.2, 0) is 14.2 Å². The number of hydrogen-bond acceptors (Lipinski definition) is 4. The Labute approximate surface area is 52.0 Å². The molecule has 0 saturated carbocycles. The summed E-state index contributed by atoms with van der Waals surface area (Å²) in [6.45, 7) is 3.42. The molecule has 0 aromatic carbocycles. The Bertz CT molecular complexity index is 131. The van der Waals surface area contributed by atoms with Crippen molar-refractivity contribution in [2.45, 2.75) is 6.29 Å². The largest absolute Gasteiger partial charge is 0.511 e. The van der Waals surface area contributed by atoms with E-state index in [-0.39, 0.29) is 6.61 Å². The van der Waals surface area contributed by atoms with Crippen molar-refractivity contribution < 1.29 is 19.0 Å². The molecular formula is C5H6O4. The summed E-state index contributed by atoms with van der Waals surface area (Å²) in [5.41, 5.74) is 0. The first-order chi connectivity index (χ1) is 4.33. The lowest BCUT2D eigenvalue weighted by Crippen LogP contribution is -2.10. The maximum Gasteiger partial charge on any atom is 0.511 e. The maximum atomic E-state index is 10.2. The van der Waals surface area contributed by atoms with E-state index in [1.807, 2.05) is 0 Å². The Hall–Kier alpha value is -1.19. The van der Waals surface area contributed by atoms with Crippen LogP contribution in [0.2, 0.25) is 0 Å². The lowest BCUT2D eigenvalue weighted by Gasteiger charge is -2.02. The molecule has 1 aliphatic heterocycles. The molecule has 0 radical (unpaired) electrons. The third kappa shape index (κ3) is 1.35. The highest BCUT2D eigenvalue weighted by Gasteiger charge is 2.24. The van der Waals surface area contributed by atoms with Crippen molar-refractivity contribution in [1.82, 2.24) is 0 Å². The Morgan fingerprint density at radius 1 is 1.89 bits per heavy atom. The van der Waals surface area contributed by atoms with Gasteiger partial charge < -0.3 is 14.2 Å². The van der Waals surface area contributed by atoms with E-state index in [1.54, 1.807) is 0 Å². The highest BCUT2D eigenvalue weighted by atomic mass is 16.8. The molecule has 0 amide bonds. The number of hydrogen-bond donors (Lipinski definition) is 0. The lowest BCUT2D eigenvalue weighted by atomic mass is 10.7. The standard InChI is InChI=1S/C5H6O4/c1-2-7-4-3-8-5(6)9-4/h2,4H,1,3H2. The summed E-state index contributed by atoms with van der Waals surface area (Å²) in [6, 6.07) is 0. The van der Waals surface area contributed by atoms with E-state index >= 15 is 0 Å². The SMILES string of the molecule is C=COC1COC(=O)O1. The van der Waals surface area contributed by atoms with Crippen molar-refractivity contribution in [1.29, 1.82) is 0 Å². The van der Waals surface area contributed by atoms with Crippen LogP contribution < -0.4 is 0 Å². The first kappa shape index (κ1) is 5.94. The minimum absolute atomic E-state index is 0.144. The maximum absolute atomic E-state index is 10.2. The molecule has 4 heteroatoms. The second-order valence-corrected chi connectivity index (χ2v) is 1.41. The van der Waals surface area contributed by atoms with Gasteiger partial charge in [0.2, 0.25) is 0 Å². The van der Waals surface area contributed by atoms with E-state index in [0.717, 1.165) is 0 Å². The van der Waals surface area contributed by atoms with E-state index < -0.39 is 12.4 Å². The predicted molar refractivity (Wildman–Crippen MR) is 27.5 cm³/mol. The fourth-order valence-electron chi connectivity index (χ4n) is 0.486. The monoisotopic (exact) mass is 130 g/mol. The molecule has 1 fully saturated rings. The summed E-state index contributed by atoms with van der Waals surface area (Å²) in [5, 5.41) is 0. The molecule has 4 nitrogen and oxygen atoms in total. The fourth-order valence-corrected chi connectivity index (χ4v) is 0.486. The van der Waals surface area contributed by atoms with E-state index in [9.17, 15) is 4.79 Å². The summed E-state index contributed by atoms with van der Waals surface area (Å²) in [7, 11) is 0. The molecule has 50 valence electrons. The van der Waals surface area contributed by atoms with Crippen molar-refractivity contribution >= 4 is 6.16 Å². The average Bonchev–Trinajstić information content (AvgIpc) is 2.17. The summed E-state index contributed by atoms with van der Waals surface area (Å²) in [4.78, 5) is 10.2. The number of carbonyl (C=O) groups is 1. The molecule has 1 aliphatic rings. The number of ether oxygens (including phenoxy) is 3. The van der Waals surface area contributed by atoms with Gasteiger partial charge in [-0.15, -0.1) is 0 Å². The van der Waals surface area contributed by atoms with Crippen LogP contribution in [0.5, 0.6) is 0 Å². The molecular weight excluding hydrogens is 124 g/mol. The minimum atomic E-state index is -0.693. The molecule has 1 saturated heterocycles. The Balaban J connectivity index is 2.29. The Morgan fingerprint density at radius 2 is 2.67 bits per heavy atom. The summed E-state index contributed by atoms with van der Waals surface area (Å²) < 4.78 is 13.5. The van der Waals surface area contributed by atoms with Gasteiger partial charge in [0.1, 0.15) is 0 Å². The third-order valence-corrected chi connectivity index (χ3v) is 0.813. The molecule has 0 aromatic heterocycles. The second kappa shape index (κ2) is 2.39. The van der Waals surface area contributed by atoms with Gasteiger partial charge in [-0.3, -0.25) is 0 Å². The van der Waals surface area contributed by atoms with Gasteiger partial charge >= 0.3 is 6.16 Å². The van der Waals surface area contributed by atoms with Gasteiger partial charge in [-0.25, -0.2) is 4.79 Å². The molecule has 0 aromatic rings. The number of carbonyl (C=O) groups excluding carboxylic acids is 1.